The zero-order valence-electron chi connectivity index (χ0n) is 12.8. The van der Waals surface area contributed by atoms with E-state index in [0.717, 1.165) is 42.0 Å². The van der Waals surface area contributed by atoms with Crippen molar-refractivity contribution in [3.8, 4) is 0 Å². The Kier molecular flexibility index (Phi) is 5.60. The van der Waals surface area contributed by atoms with E-state index in [4.69, 9.17) is 27.9 Å². The van der Waals surface area contributed by atoms with Gasteiger partial charge in [-0.15, -0.1) is 0 Å². The summed E-state index contributed by atoms with van der Waals surface area (Å²) in [5.41, 5.74) is 1.99. The van der Waals surface area contributed by atoms with Crippen molar-refractivity contribution in [3.05, 3.63) is 69.7 Å². The van der Waals surface area contributed by atoms with Crippen LogP contribution >= 0.6 is 23.2 Å². The zero-order chi connectivity index (χ0) is 16.2. The number of ether oxygens (including phenoxy) is 1. The highest BCUT2D eigenvalue weighted by Crippen LogP contribution is 2.34. The van der Waals surface area contributed by atoms with Gasteiger partial charge in [-0.05, 0) is 54.7 Å². The van der Waals surface area contributed by atoms with Crippen molar-refractivity contribution in [1.29, 1.82) is 0 Å². The van der Waals surface area contributed by atoms with Crippen molar-refractivity contribution >= 4 is 23.2 Å². The first kappa shape index (κ1) is 16.8. The summed E-state index contributed by atoms with van der Waals surface area (Å²) in [6, 6.07) is 15.2. The van der Waals surface area contributed by atoms with Gasteiger partial charge < -0.3 is 9.84 Å². The van der Waals surface area contributed by atoms with E-state index < -0.39 is 6.10 Å². The summed E-state index contributed by atoms with van der Waals surface area (Å²) in [6.07, 6.45) is 2.24. The van der Waals surface area contributed by atoms with Gasteiger partial charge in [-0.1, -0.05) is 47.5 Å². The van der Waals surface area contributed by atoms with Crippen molar-refractivity contribution in [3.63, 3.8) is 0 Å². The molecule has 1 saturated heterocycles. The maximum absolute atomic E-state index is 10.9. The van der Waals surface area contributed by atoms with Crippen molar-refractivity contribution in [2.45, 2.75) is 31.5 Å². The molecule has 1 fully saturated rings. The van der Waals surface area contributed by atoms with Gasteiger partial charge in [0.2, 0.25) is 0 Å². The van der Waals surface area contributed by atoms with Gasteiger partial charge in [0.05, 0.1) is 12.2 Å². The second-order valence-corrected chi connectivity index (χ2v) is 6.92. The minimum Gasteiger partial charge on any atom is -0.388 e. The van der Waals surface area contributed by atoms with Crippen molar-refractivity contribution in [2.75, 3.05) is 6.61 Å². The van der Waals surface area contributed by atoms with E-state index in [-0.39, 0.29) is 12.0 Å². The number of hydrogen-bond acceptors (Lipinski definition) is 2. The molecule has 1 aliphatic heterocycles. The number of halogens is 2. The summed E-state index contributed by atoms with van der Waals surface area (Å²) in [5, 5.41) is 12.3. The fourth-order valence-electron chi connectivity index (χ4n) is 3.22. The van der Waals surface area contributed by atoms with Gasteiger partial charge in [0.1, 0.15) is 0 Å². The number of benzene rings is 2. The lowest BCUT2D eigenvalue weighted by atomic mass is 9.84. The van der Waals surface area contributed by atoms with E-state index in [0.29, 0.717) is 5.02 Å². The Bertz CT molecular complexity index is 636. The van der Waals surface area contributed by atoms with Crippen LogP contribution in [0.1, 0.15) is 30.1 Å². The first-order valence-electron chi connectivity index (χ1n) is 7.93. The Hall–Kier alpha value is -1.06. The van der Waals surface area contributed by atoms with Gasteiger partial charge in [-0.2, -0.15) is 0 Å². The minimum absolute atomic E-state index is 0.00265. The van der Waals surface area contributed by atoms with Crippen LogP contribution in [0.4, 0.5) is 0 Å². The van der Waals surface area contributed by atoms with E-state index >= 15 is 0 Å². The van der Waals surface area contributed by atoms with Gasteiger partial charge in [-0.25, -0.2) is 0 Å². The van der Waals surface area contributed by atoms with Crippen LogP contribution in [0.3, 0.4) is 0 Å². The number of aliphatic hydroxyl groups excluding tert-OH is 1. The van der Waals surface area contributed by atoms with Gasteiger partial charge in [-0.3, -0.25) is 0 Å². The smallest absolute Gasteiger partial charge is 0.0846 e. The molecule has 0 aliphatic carbocycles. The molecular weight excluding hydrogens is 331 g/mol. The Morgan fingerprint density at radius 3 is 2.52 bits per heavy atom. The maximum atomic E-state index is 10.9. The largest absolute Gasteiger partial charge is 0.388 e. The molecule has 0 bridgehead atoms. The van der Waals surface area contributed by atoms with Crippen LogP contribution < -0.4 is 0 Å². The molecule has 3 atom stereocenters. The molecule has 23 heavy (non-hydrogen) atoms. The van der Waals surface area contributed by atoms with Crippen LogP contribution in [0.5, 0.6) is 0 Å². The Labute approximate surface area is 147 Å². The molecule has 2 aromatic rings. The summed E-state index contributed by atoms with van der Waals surface area (Å²) < 4.78 is 5.86. The van der Waals surface area contributed by atoms with E-state index in [1.165, 1.54) is 0 Å². The fourth-order valence-corrected chi connectivity index (χ4v) is 3.54. The van der Waals surface area contributed by atoms with Gasteiger partial charge in [0.15, 0.2) is 0 Å². The molecule has 122 valence electrons. The molecule has 2 nitrogen and oxygen atoms in total. The molecular formula is C19H20Cl2O2. The van der Waals surface area contributed by atoms with Crippen LogP contribution in [0, 0.1) is 5.92 Å². The highest BCUT2D eigenvalue weighted by Gasteiger charge is 2.32. The predicted octanol–water partition coefficient (Wildman–Crippen LogP) is 5.06. The lowest BCUT2D eigenvalue weighted by Crippen LogP contribution is -2.28. The van der Waals surface area contributed by atoms with E-state index in [1.54, 1.807) is 0 Å². The third-order valence-electron chi connectivity index (χ3n) is 4.42. The summed E-state index contributed by atoms with van der Waals surface area (Å²) >= 11 is 12.0. The van der Waals surface area contributed by atoms with Gasteiger partial charge in [0.25, 0.3) is 0 Å². The van der Waals surface area contributed by atoms with Crippen LogP contribution in [0.15, 0.2) is 48.5 Å². The molecule has 0 aromatic heterocycles. The quantitative estimate of drug-likeness (QED) is 0.815. The SMILES string of the molecule is OC(c1cccc(Cl)c1)[C@H](Cc1ccc(Cl)cc1)[C@H]1CCCO1. The number of aliphatic hydroxyl groups is 1. The number of hydrogen-bond donors (Lipinski definition) is 1. The molecule has 1 N–H and O–H groups in total. The highest BCUT2D eigenvalue weighted by atomic mass is 35.5. The molecule has 1 heterocycles. The minimum atomic E-state index is -0.604. The summed E-state index contributed by atoms with van der Waals surface area (Å²) in [7, 11) is 0. The molecule has 2 aromatic carbocycles. The third-order valence-corrected chi connectivity index (χ3v) is 4.91. The normalized spacial score (nSPS) is 20.4. The molecule has 1 unspecified atom stereocenters. The topological polar surface area (TPSA) is 29.5 Å². The standard InChI is InChI=1S/C19H20Cl2O2/c20-15-8-6-13(7-9-15)11-17(18-5-2-10-23-18)19(22)14-3-1-4-16(21)12-14/h1,3-4,6-9,12,17-19,22H,2,5,10-11H2/t17-,18-,19?/m1/s1. The van der Waals surface area contributed by atoms with Crippen LogP contribution in [-0.2, 0) is 11.2 Å². The first-order valence-corrected chi connectivity index (χ1v) is 8.68. The highest BCUT2D eigenvalue weighted by molar-refractivity contribution is 6.30. The second kappa shape index (κ2) is 7.67. The average Bonchev–Trinajstić information content (AvgIpc) is 3.08. The van der Waals surface area contributed by atoms with Crippen LogP contribution in [0.25, 0.3) is 0 Å². The molecule has 4 heteroatoms. The monoisotopic (exact) mass is 350 g/mol. The zero-order valence-corrected chi connectivity index (χ0v) is 14.3. The van der Waals surface area contributed by atoms with Gasteiger partial charge >= 0.3 is 0 Å². The third kappa shape index (κ3) is 4.27. The van der Waals surface area contributed by atoms with Crippen molar-refractivity contribution in [1.82, 2.24) is 0 Å². The summed E-state index contributed by atoms with van der Waals surface area (Å²) in [6.45, 7) is 0.768. The summed E-state index contributed by atoms with van der Waals surface area (Å²) in [4.78, 5) is 0. The predicted molar refractivity (Wildman–Crippen MR) is 94.0 cm³/mol. The first-order chi connectivity index (χ1) is 11.1. The van der Waals surface area contributed by atoms with Crippen molar-refractivity contribution < 1.29 is 9.84 Å². The van der Waals surface area contributed by atoms with E-state index in [2.05, 4.69) is 0 Å². The second-order valence-electron chi connectivity index (χ2n) is 6.05. The van der Waals surface area contributed by atoms with E-state index in [1.807, 2.05) is 48.5 Å². The van der Waals surface area contributed by atoms with E-state index in [9.17, 15) is 5.11 Å². The van der Waals surface area contributed by atoms with Gasteiger partial charge in [0, 0.05) is 22.6 Å². The van der Waals surface area contributed by atoms with Crippen molar-refractivity contribution in [2.24, 2.45) is 5.92 Å². The number of rotatable bonds is 5. The molecule has 0 radical (unpaired) electrons. The Morgan fingerprint density at radius 2 is 1.87 bits per heavy atom. The summed E-state index contributed by atoms with van der Waals surface area (Å²) in [5.74, 6) is -0.00265. The molecule has 3 rings (SSSR count). The Morgan fingerprint density at radius 1 is 1.09 bits per heavy atom. The maximum Gasteiger partial charge on any atom is 0.0846 e. The Balaban J connectivity index is 1.84. The molecule has 1 aliphatic rings. The average molecular weight is 351 g/mol. The molecule has 0 amide bonds. The molecule has 0 spiro atoms. The lowest BCUT2D eigenvalue weighted by Gasteiger charge is -2.28. The van der Waals surface area contributed by atoms with Crippen LogP contribution in [-0.4, -0.2) is 17.8 Å². The van der Waals surface area contributed by atoms with Crippen LogP contribution in [0.2, 0.25) is 10.0 Å². The fraction of sp³-hybridized carbons (Fsp3) is 0.368. The lowest BCUT2D eigenvalue weighted by molar-refractivity contribution is -0.00601. The molecule has 0 saturated carbocycles.